The summed E-state index contributed by atoms with van der Waals surface area (Å²) in [6.45, 7) is 22.2. The number of unbranched alkanes of at least 4 members (excludes halogenated alkanes) is 35. The Morgan fingerprint density at radius 3 is 0.762 bits per heavy atom. The molecule has 0 amide bonds. The van der Waals surface area contributed by atoms with E-state index in [1.165, 1.54) is 225 Å². The SMILES string of the molecule is CCCCCCCCCCC(O)CC(CCN(CCN1CCN(CCN(CC(O)CCCCCCCCCC)CC(O)CCCCCCCCCC)CC1)CC(O)CCCCCCCCCC)CC(O)CCCCCCCCCC. The second-order valence-electron chi connectivity index (χ2n) is 26.5. The summed E-state index contributed by atoms with van der Waals surface area (Å²) in [5.41, 5.74) is 0. The molecule has 0 aromatic carbocycles. The summed E-state index contributed by atoms with van der Waals surface area (Å²) in [7, 11) is 0. The molecular weight excluding hydrogens is 989 g/mol. The number of hydrogen-bond acceptors (Lipinski definition) is 9. The molecule has 0 spiro atoms. The van der Waals surface area contributed by atoms with Crippen molar-refractivity contribution >= 4 is 0 Å². The lowest BCUT2D eigenvalue weighted by molar-refractivity contribution is 0.0472. The van der Waals surface area contributed by atoms with Gasteiger partial charge in [0, 0.05) is 72.0 Å². The van der Waals surface area contributed by atoms with Gasteiger partial charge in [-0.3, -0.25) is 19.6 Å². The van der Waals surface area contributed by atoms with E-state index in [-0.39, 0.29) is 36.4 Å². The second kappa shape index (κ2) is 59.0. The molecule has 1 rings (SSSR count). The normalized spacial score (nSPS) is 16.1. The fraction of sp³-hybridized carbons (Fsp3) is 1.00. The van der Waals surface area contributed by atoms with Crippen molar-refractivity contribution in [3.63, 3.8) is 0 Å². The Bertz CT molecular complexity index is 1150. The largest absolute Gasteiger partial charge is 0.393 e. The molecule has 9 heteroatoms. The molecule has 1 aliphatic rings. The summed E-state index contributed by atoms with van der Waals surface area (Å²) >= 11 is 0. The van der Waals surface area contributed by atoms with Gasteiger partial charge in [0.05, 0.1) is 30.5 Å². The fourth-order valence-corrected chi connectivity index (χ4v) is 12.8. The topological polar surface area (TPSA) is 114 Å². The van der Waals surface area contributed by atoms with Crippen LogP contribution in [0.3, 0.4) is 0 Å². The lowest BCUT2D eigenvalue weighted by atomic mass is 9.88. The van der Waals surface area contributed by atoms with Crippen LogP contribution in [0.15, 0.2) is 0 Å². The van der Waals surface area contributed by atoms with Gasteiger partial charge in [-0.25, -0.2) is 0 Å². The van der Waals surface area contributed by atoms with Crippen LogP contribution in [0.5, 0.6) is 0 Å². The summed E-state index contributed by atoms with van der Waals surface area (Å²) in [4.78, 5) is 10.2. The Hall–Kier alpha value is -0.360. The molecule has 0 aromatic heterocycles. The lowest BCUT2D eigenvalue weighted by Gasteiger charge is -2.37. The van der Waals surface area contributed by atoms with Crippen molar-refractivity contribution in [2.75, 3.05) is 78.5 Å². The Balaban J connectivity index is 2.94. The summed E-state index contributed by atoms with van der Waals surface area (Å²) in [5, 5.41) is 57.0. The number of aliphatic hydroxyl groups is 5. The number of rotatable bonds is 64. The maximum Gasteiger partial charge on any atom is 0.0667 e. The summed E-state index contributed by atoms with van der Waals surface area (Å²) in [5.74, 6) is 0.274. The second-order valence-corrected chi connectivity index (χ2v) is 26.5. The summed E-state index contributed by atoms with van der Waals surface area (Å²) < 4.78 is 0. The maximum absolute atomic E-state index is 11.6. The molecule has 0 saturated carbocycles. The van der Waals surface area contributed by atoms with Gasteiger partial charge in [-0.1, -0.05) is 291 Å². The minimum atomic E-state index is -0.339. The number of piperazine rings is 1. The van der Waals surface area contributed by atoms with Gasteiger partial charge in [-0.15, -0.1) is 0 Å². The molecule has 480 valence electrons. The van der Waals surface area contributed by atoms with Gasteiger partial charge in [0.2, 0.25) is 0 Å². The van der Waals surface area contributed by atoms with Crippen molar-refractivity contribution in [1.29, 1.82) is 0 Å². The molecule has 0 radical (unpaired) electrons. The third-order valence-corrected chi connectivity index (χ3v) is 18.4. The predicted molar refractivity (Wildman–Crippen MR) is 349 cm³/mol. The highest BCUT2D eigenvalue weighted by atomic mass is 16.3. The molecule has 1 aliphatic heterocycles. The van der Waals surface area contributed by atoms with Crippen LogP contribution >= 0.6 is 0 Å². The van der Waals surface area contributed by atoms with Crippen molar-refractivity contribution in [1.82, 2.24) is 19.6 Å². The van der Waals surface area contributed by atoms with Crippen molar-refractivity contribution < 1.29 is 25.5 Å². The van der Waals surface area contributed by atoms with Crippen LogP contribution in [-0.2, 0) is 0 Å². The van der Waals surface area contributed by atoms with Crippen LogP contribution in [0.4, 0.5) is 0 Å². The van der Waals surface area contributed by atoms with Crippen molar-refractivity contribution in [3.05, 3.63) is 0 Å². The summed E-state index contributed by atoms with van der Waals surface area (Å²) in [6.07, 6.45) is 56.3. The van der Waals surface area contributed by atoms with E-state index in [0.29, 0.717) is 19.6 Å². The quantitative estimate of drug-likeness (QED) is 0.0380. The Labute approximate surface area is 500 Å². The Kier molecular flexibility index (Phi) is 57.3. The van der Waals surface area contributed by atoms with E-state index in [1.807, 2.05) is 0 Å². The number of hydrogen-bond donors (Lipinski definition) is 5. The first-order chi connectivity index (χ1) is 39.1. The van der Waals surface area contributed by atoms with Crippen LogP contribution < -0.4 is 0 Å². The van der Waals surface area contributed by atoms with Crippen molar-refractivity contribution in [2.45, 2.75) is 373 Å². The first-order valence-electron chi connectivity index (χ1n) is 36.4. The third-order valence-electron chi connectivity index (χ3n) is 18.4. The van der Waals surface area contributed by atoms with Crippen LogP contribution in [0.25, 0.3) is 0 Å². The van der Waals surface area contributed by atoms with Crippen molar-refractivity contribution in [2.24, 2.45) is 5.92 Å². The van der Waals surface area contributed by atoms with Gasteiger partial charge in [0.1, 0.15) is 0 Å². The first kappa shape index (κ1) is 77.7. The minimum absolute atomic E-state index is 0.274. The fourth-order valence-electron chi connectivity index (χ4n) is 12.8. The molecule has 5 atom stereocenters. The van der Waals surface area contributed by atoms with Crippen LogP contribution in [0.1, 0.15) is 343 Å². The zero-order valence-electron chi connectivity index (χ0n) is 54.9. The van der Waals surface area contributed by atoms with Crippen LogP contribution in [0.2, 0.25) is 0 Å². The van der Waals surface area contributed by atoms with Crippen LogP contribution in [-0.4, -0.2) is 154 Å². The Morgan fingerprint density at radius 1 is 0.263 bits per heavy atom. The molecule has 0 aliphatic carbocycles. The number of aliphatic hydroxyl groups excluding tert-OH is 5. The standard InChI is InChI=1S/C71H146N4O5/c1-6-11-16-21-26-31-36-41-46-67(76)61-66(62-68(77)47-42-37-32-27-22-17-12-7-2)51-52-74(63-69(78)48-43-38-33-28-23-18-13-8-3)59-57-72-53-55-73(56-54-72)58-60-75(64-70(79)49-44-39-34-29-24-19-14-9-4)65-71(80)50-45-40-35-30-25-20-15-10-5/h66-71,76-80H,6-65H2,1-5H3. The highest BCUT2D eigenvalue weighted by Crippen LogP contribution is 2.25. The van der Waals surface area contributed by atoms with Gasteiger partial charge in [0.25, 0.3) is 0 Å². The highest BCUT2D eigenvalue weighted by molar-refractivity contribution is 4.79. The highest BCUT2D eigenvalue weighted by Gasteiger charge is 2.24. The first-order valence-corrected chi connectivity index (χ1v) is 36.4. The van der Waals surface area contributed by atoms with E-state index in [2.05, 4.69) is 54.2 Å². The molecule has 0 aromatic rings. The van der Waals surface area contributed by atoms with Gasteiger partial charge in [-0.05, 0) is 63.8 Å². The van der Waals surface area contributed by atoms with Gasteiger partial charge >= 0.3 is 0 Å². The maximum atomic E-state index is 11.6. The van der Waals surface area contributed by atoms with Gasteiger partial charge in [-0.2, -0.15) is 0 Å². The molecule has 5 N–H and O–H groups in total. The molecule has 0 bridgehead atoms. The van der Waals surface area contributed by atoms with Crippen LogP contribution in [0, 0.1) is 5.92 Å². The average molecular weight is 1140 g/mol. The third kappa shape index (κ3) is 50.9. The average Bonchev–Trinajstić information content (AvgIpc) is 3.45. The van der Waals surface area contributed by atoms with Crippen molar-refractivity contribution in [3.8, 4) is 0 Å². The molecule has 1 heterocycles. The molecule has 9 nitrogen and oxygen atoms in total. The van der Waals surface area contributed by atoms with E-state index >= 15 is 0 Å². The molecule has 5 unspecified atom stereocenters. The molecular formula is C71H146N4O5. The van der Waals surface area contributed by atoms with Gasteiger partial charge in [0.15, 0.2) is 0 Å². The zero-order chi connectivity index (χ0) is 58.2. The van der Waals surface area contributed by atoms with E-state index in [4.69, 9.17) is 0 Å². The van der Waals surface area contributed by atoms with E-state index in [9.17, 15) is 25.5 Å². The van der Waals surface area contributed by atoms with E-state index in [0.717, 1.165) is 142 Å². The van der Waals surface area contributed by atoms with E-state index in [1.54, 1.807) is 0 Å². The number of nitrogens with zero attached hydrogens (tertiary/aromatic N) is 4. The Morgan fingerprint density at radius 2 is 0.487 bits per heavy atom. The lowest BCUT2D eigenvalue weighted by Crippen LogP contribution is -2.51. The minimum Gasteiger partial charge on any atom is -0.393 e. The smallest absolute Gasteiger partial charge is 0.0667 e. The predicted octanol–water partition coefficient (Wildman–Crippen LogP) is 17.5. The van der Waals surface area contributed by atoms with E-state index < -0.39 is 0 Å². The molecule has 1 saturated heterocycles. The molecule has 1 fully saturated rings. The van der Waals surface area contributed by atoms with Gasteiger partial charge < -0.3 is 25.5 Å². The monoisotopic (exact) mass is 1140 g/mol. The zero-order valence-corrected chi connectivity index (χ0v) is 54.9. The molecule has 80 heavy (non-hydrogen) atoms. The summed E-state index contributed by atoms with van der Waals surface area (Å²) in [6, 6.07) is 0.